The predicted molar refractivity (Wildman–Crippen MR) is 70.7 cm³/mol. The van der Waals surface area contributed by atoms with Crippen molar-refractivity contribution >= 4 is 5.91 Å². The van der Waals surface area contributed by atoms with Gasteiger partial charge >= 0.3 is 6.18 Å². The number of aryl methyl sites for hydroxylation is 1. The van der Waals surface area contributed by atoms with Crippen LogP contribution in [0.1, 0.15) is 35.0 Å². The second-order valence-electron chi connectivity index (χ2n) is 4.66. The second-order valence-corrected chi connectivity index (χ2v) is 4.66. The minimum atomic E-state index is -4.45. The molecule has 0 aliphatic carbocycles. The number of carbonyl (C=O) groups excluding carboxylic acids is 1. The molecule has 0 unspecified atom stereocenters. The summed E-state index contributed by atoms with van der Waals surface area (Å²) in [5.74, 6) is -0.0226. The van der Waals surface area contributed by atoms with Gasteiger partial charge in [0, 0.05) is 12.3 Å². The Morgan fingerprint density at radius 1 is 1.43 bits per heavy atom. The van der Waals surface area contributed by atoms with Crippen LogP contribution in [0.2, 0.25) is 0 Å². The molecule has 23 heavy (non-hydrogen) atoms. The van der Waals surface area contributed by atoms with Crippen molar-refractivity contribution in [1.82, 2.24) is 20.4 Å². The Morgan fingerprint density at radius 2 is 2.17 bits per heavy atom. The van der Waals surface area contributed by atoms with Crippen molar-refractivity contribution < 1.29 is 27.2 Å². The number of amides is 1. The highest BCUT2D eigenvalue weighted by Gasteiger charge is 2.28. The van der Waals surface area contributed by atoms with Crippen molar-refractivity contribution in [2.75, 3.05) is 6.61 Å². The van der Waals surface area contributed by atoms with Crippen LogP contribution >= 0.6 is 0 Å². The molecule has 2 heterocycles. The number of ether oxygens (including phenoxy) is 1. The highest BCUT2D eigenvalue weighted by molar-refractivity contribution is 5.94. The molecule has 1 N–H and O–H groups in total. The molecular formula is C13H13F3N4O3. The van der Waals surface area contributed by atoms with Crippen LogP contribution in [0.15, 0.2) is 22.9 Å². The van der Waals surface area contributed by atoms with Crippen molar-refractivity contribution in [2.24, 2.45) is 0 Å². The molecule has 0 bridgehead atoms. The summed E-state index contributed by atoms with van der Waals surface area (Å²) >= 11 is 0. The molecule has 7 nitrogen and oxygen atoms in total. The maximum atomic E-state index is 12.0. The molecule has 0 saturated heterocycles. The van der Waals surface area contributed by atoms with Crippen molar-refractivity contribution in [3.8, 4) is 5.88 Å². The van der Waals surface area contributed by atoms with Gasteiger partial charge in [0.25, 0.3) is 5.91 Å². The summed E-state index contributed by atoms with van der Waals surface area (Å²) < 4.78 is 45.4. The monoisotopic (exact) mass is 330 g/mol. The highest BCUT2D eigenvalue weighted by atomic mass is 19.4. The summed E-state index contributed by atoms with van der Waals surface area (Å²) in [5.41, 5.74) is 0.160. The zero-order chi connectivity index (χ0) is 17.0. The number of aromatic nitrogens is 3. The minimum Gasteiger partial charge on any atom is -0.468 e. The zero-order valence-electron chi connectivity index (χ0n) is 12.2. The number of rotatable bonds is 5. The molecule has 0 aliphatic rings. The smallest absolute Gasteiger partial charge is 0.422 e. The van der Waals surface area contributed by atoms with Gasteiger partial charge in [-0.05, 0) is 19.9 Å². The van der Waals surface area contributed by atoms with Gasteiger partial charge in [0.05, 0.1) is 5.56 Å². The van der Waals surface area contributed by atoms with Gasteiger partial charge in [-0.3, -0.25) is 4.79 Å². The van der Waals surface area contributed by atoms with E-state index in [1.807, 2.05) is 0 Å². The Balaban J connectivity index is 1.94. The van der Waals surface area contributed by atoms with Crippen LogP contribution in [0.5, 0.6) is 5.88 Å². The van der Waals surface area contributed by atoms with Crippen molar-refractivity contribution in [1.29, 1.82) is 0 Å². The highest BCUT2D eigenvalue weighted by Crippen LogP contribution is 2.17. The topological polar surface area (TPSA) is 90.1 Å². The Kier molecular flexibility index (Phi) is 4.82. The van der Waals surface area contributed by atoms with E-state index < -0.39 is 24.7 Å². The molecule has 2 aromatic rings. The molecule has 0 radical (unpaired) electrons. The average Bonchev–Trinajstić information content (AvgIpc) is 2.91. The van der Waals surface area contributed by atoms with Crippen LogP contribution < -0.4 is 10.1 Å². The normalized spacial score (nSPS) is 12.7. The number of nitrogens with one attached hydrogen (secondary N) is 1. The molecule has 1 amide bonds. The molecule has 124 valence electrons. The van der Waals surface area contributed by atoms with Crippen LogP contribution in [0.25, 0.3) is 0 Å². The molecule has 0 aliphatic heterocycles. The fourth-order valence-corrected chi connectivity index (χ4v) is 1.59. The number of alkyl halides is 3. The van der Waals surface area contributed by atoms with Crippen LogP contribution in [0, 0.1) is 6.92 Å². The first kappa shape index (κ1) is 16.7. The first-order chi connectivity index (χ1) is 10.7. The maximum absolute atomic E-state index is 12.0. The van der Waals surface area contributed by atoms with E-state index in [1.165, 1.54) is 12.1 Å². The van der Waals surface area contributed by atoms with E-state index in [4.69, 9.17) is 4.52 Å². The van der Waals surface area contributed by atoms with Crippen molar-refractivity contribution in [3.05, 3.63) is 35.6 Å². The number of pyridine rings is 1. The summed E-state index contributed by atoms with van der Waals surface area (Å²) in [6.45, 7) is 1.85. The molecule has 0 spiro atoms. The Labute approximate surface area is 128 Å². The molecule has 2 rings (SSSR count). The third-order valence-electron chi connectivity index (χ3n) is 2.64. The zero-order valence-corrected chi connectivity index (χ0v) is 12.2. The van der Waals surface area contributed by atoms with Gasteiger partial charge in [0.2, 0.25) is 11.8 Å². The Bertz CT molecular complexity index is 670. The largest absolute Gasteiger partial charge is 0.468 e. The van der Waals surface area contributed by atoms with E-state index in [2.05, 4.69) is 25.2 Å². The summed E-state index contributed by atoms with van der Waals surface area (Å²) in [4.78, 5) is 19.6. The van der Waals surface area contributed by atoms with E-state index >= 15 is 0 Å². The average molecular weight is 330 g/mol. The van der Waals surface area contributed by atoms with Gasteiger partial charge in [-0.15, -0.1) is 0 Å². The fourth-order valence-electron chi connectivity index (χ4n) is 1.59. The quantitative estimate of drug-likeness (QED) is 0.904. The number of carbonyl (C=O) groups is 1. The lowest BCUT2D eigenvalue weighted by Crippen LogP contribution is -2.27. The predicted octanol–water partition coefficient (Wildman–Crippen LogP) is 2.21. The van der Waals surface area contributed by atoms with Gasteiger partial charge in [-0.25, -0.2) is 4.98 Å². The van der Waals surface area contributed by atoms with E-state index in [1.54, 1.807) is 13.8 Å². The first-order valence-corrected chi connectivity index (χ1v) is 6.51. The van der Waals surface area contributed by atoms with Gasteiger partial charge < -0.3 is 14.6 Å². The first-order valence-electron chi connectivity index (χ1n) is 6.51. The minimum absolute atomic E-state index is 0.160. The number of nitrogens with zero attached hydrogens (tertiary/aromatic N) is 3. The molecule has 10 heteroatoms. The SMILES string of the molecule is Cc1noc([C@@H](C)NC(=O)c2ccc(OCC(F)(F)F)nc2)n1. The summed E-state index contributed by atoms with van der Waals surface area (Å²) in [7, 11) is 0. The lowest BCUT2D eigenvalue weighted by Gasteiger charge is -2.10. The summed E-state index contributed by atoms with van der Waals surface area (Å²) in [6.07, 6.45) is -3.33. The van der Waals surface area contributed by atoms with E-state index in [-0.39, 0.29) is 17.3 Å². The second kappa shape index (κ2) is 6.63. The number of halogens is 3. The molecular weight excluding hydrogens is 317 g/mol. The van der Waals surface area contributed by atoms with Gasteiger partial charge in [0.15, 0.2) is 12.4 Å². The fraction of sp³-hybridized carbons (Fsp3) is 0.385. The molecule has 0 fully saturated rings. The standard InChI is InChI=1S/C13H13F3N4O3/c1-7(12-19-8(2)20-23-12)18-11(21)9-3-4-10(17-5-9)22-6-13(14,15)16/h3-5,7H,6H2,1-2H3,(H,18,21)/t7-/m1/s1. The maximum Gasteiger partial charge on any atom is 0.422 e. The van der Waals surface area contributed by atoms with Crippen LogP contribution in [-0.4, -0.2) is 33.8 Å². The number of hydrogen-bond donors (Lipinski definition) is 1. The molecule has 1 atom stereocenters. The third-order valence-corrected chi connectivity index (χ3v) is 2.64. The summed E-state index contributed by atoms with van der Waals surface area (Å²) in [5, 5.41) is 6.22. The van der Waals surface area contributed by atoms with E-state index in [0.29, 0.717) is 5.82 Å². The Hall–Kier alpha value is -2.65. The van der Waals surface area contributed by atoms with Crippen molar-refractivity contribution in [2.45, 2.75) is 26.1 Å². The van der Waals surface area contributed by atoms with Crippen LogP contribution in [0.4, 0.5) is 13.2 Å². The molecule has 2 aromatic heterocycles. The van der Waals surface area contributed by atoms with E-state index in [9.17, 15) is 18.0 Å². The van der Waals surface area contributed by atoms with Gasteiger partial charge in [-0.1, -0.05) is 5.16 Å². The Morgan fingerprint density at radius 3 is 2.70 bits per heavy atom. The van der Waals surface area contributed by atoms with Crippen LogP contribution in [-0.2, 0) is 0 Å². The molecule has 0 aromatic carbocycles. The number of hydrogen-bond acceptors (Lipinski definition) is 6. The van der Waals surface area contributed by atoms with Gasteiger partial charge in [-0.2, -0.15) is 18.2 Å². The molecule has 0 saturated carbocycles. The van der Waals surface area contributed by atoms with E-state index in [0.717, 1.165) is 6.20 Å². The van der Waals surface area contributed by atoms with Crippen LogP contribution in [0.3, 0.4) is 0 Å². The van der Waals surface area contributed by atoms with Crippen molar-refractivity contribution in [3.63, 3.8) is 0 Å². The third kappa shape index (κ3) is 4.94. The summed E-state index contributed by atoms with van der Waals surface area (Å²) in [6, 6.07) is 1.96. The lowest BCUT2D eigenvalue weighted by molar-refractivity contribution is -0.154. The van der Waals surface area contributed by atoms with Gasteiger partial charge in [0.1, 0.15) is 6.04 Å². The lowest BCUT2D eigenvalue weighted by atomic mass is 10.2.